The standard InChI is InChI=1S/C16H12Cl2N4O/c1-10-4-5-20-15(6-10)21-9-11(8-19)16(23)22-14-3-2-12(17)7-13(14)18/h2-7,9H,1H3,(H,20,21)(H,22,23)/b11-9-. The first-order chi connectivity index (χ1) is 11.0. The maximum Gasteiger partial charge on any atom is 0.267 e. The van der Waals surface area contributed by atoms with Crippen LogP contribution in [-0.2, 0) is 4.79 Å². The highest BCUT2D eigenvalue weighted by Gasteiger charge is 2.11. The number of carbonyl (C=O) groups is 1. The summed E-state index contributed by atoms with van der Waals surface area (Å²) in [6.45, 7) is 1.91. The van der Waals surface area contributed by atoms with Crippen LogP contribution in [0.2, 0.25) is 10.0 Å². The molecule has 0 aliphatic rings. The summed E-state index contributed by atoms with van der Waals surface area (Å²) >= 11 is 11.8. The largest absolute Gasteiger partial charge is 0.345 e. The molecule has 1 aromatic heterocycles. The second-order valence-corrected chi connectivity index (χ2v) is 5.45. The van der Waals surface area contributed by atoms with Crippen LogP contribution in [0, 0.1) is 18.3 Å². The Morgan fingerprint density at radius 3 is 2.74 bits per heavy atom. The minimum Gasteiger partial charge on any atom is -0.345 e. The van der Waals surface area contributed by atoms with Crippen LogP contribution < -0.4 is 10.6 Å². The monoisotopic (exact) mass is 346 g/mol. The number of carbonyl (C=O) groups excluding carboxylic acids is 1. The molecule has 1 aromatic carbocycles. The molecule has 7 heteroatoms. The van der Waals surface area contributed by atoms with E-state index in [1.807, 2.05) is 19.1 Å². The van der Waals surface area contributed by atoms with Crippen molar-refractivity contribution in [2.75, 3.05) is 10.6 Å². The molecule has 2 N–H and O–H groups in total. The Hall–Kier alpha value is -2.55. The molecule has 0 aliphatic heterocycles. The summed E-state index contributed by atoms with van der Waals surface area (Å²) in [7, 11) is 0. The first-order valence-corrected chi connectivity index (χ1v) is 7.31. The lowest BCUT2D eigenvalue weighted by atomic mass is 10.2. The van der Waals surface area contributed by atoms with Crippen LogP contribution in [0.4, 0.5) is 11.5 Å². The smallest absolute Gasteiger partial charge is 0.267 e. The van der Waals surface area contributed by atoms with Crippen LogP contribution in [-0.4, -0.2) is 10.9 Å². The average Bonchev–Trinajstić information content (AvgIpc) is 2.51. The summed E-state index contributed by atoms with van der Waals surface area (Å²) in [5.74, 6) is -0.0491. The Morgan fingerprint density at radius 1 is 1.30 bits per heavy atom. The molecule has 1 amide bonds. The van der Waals surface area contributed by atoms with E-state index in [9.17, 15) is 4.79 Å². The molecule has 23 heavy (non-hydrogen) atoms. The van der Waals surface area contributed by atoms with Gasteiger partial charge in [-0.1, -0.05) is 23.2 Å². The summed E-state index contributed by atoms with van der Waals surface area (Å²) < 4.78 is 0. The fourth-order valence-corrected chi connectivity index (χ4v) is 2.15. The van der Waals surface area contributed by atoms with Crippen LogP contribution in [0.1, 0.15) is 5.56 Å². The number of benzene rings is 1. The number of nitrogens with one attached hydrogen (secondary N) is 2. The highest BCUT2D eigenvalue weighted by atomic mass is 35.5. The van der Waals surface area contributed by atoms with Gasteiger partial charge in [-0.3, -0.25) is 4.79 Å². The summed E-state index contributed by atoms with van der Waals surface area (Å²) in [6, 6.07) is 10.1. The van der Waals surface area contributed by atoms with Gasteiger partial charge in [-0.2, -0.15) is 5.26 Å². The number of halogens is 2. The van der Waals surface area contributed by atoms with Crippen LogP contribution in [0.25, 0.3) is 0 Å². The van der Waals surface area contributed by atoms with Crippen LogP contribution in [0.3, 0.4) is 0 Å². The van der Waals surface area contributed by atoms with Gasteiger partial charge >= 0.3 is 0 Å². The van der Waals surface area contributed by atoms with Crippen molar-refractivity contribution in [2.24, 2.45) is 0 Å². The lowest BCUT2D eigenvalue weighted by Gasteiger charge is -2.07. The Labute approximate surface area is 143 Å². The molecule has 0 radical (unpaired) electrons. The number of rotatable bonds is 4. The van der Waals surface area contributed by atoms with Crippen molar-refractivity contribution in [1.82, 2.24) is 4.98 Å². The number of aryl methyl sites for hydroxylation is 1. The molecule has 2 rings (SSSR count). The van der Waals surface area contributed by atoms with E-state index < -0.39 is 5.91 Å². The van der Waals surface area contributed by atoms with Gasteiger partial charge in [0, 0.05) is 17.4 Å². The summed E-state index contributed by atoms with van der Waals surface area (Å²) in [4.78, 5) is 16.2. The van der Waals surface area contributed by atoms with E-state index >= 15 is 0 Å². The number of nitriles is 1. The molecule has 0 unspecified atom stereocenters. The molecular formula is C16H12Cl2N4O. The van der Waals surface area contributed by atoms with E-state index in [-0.39, 0.29) is 10.6 Å². The van der Waals surface area contributed by atoms with Gasteiger partial charge < -0.3 is 10.6 Å². The Balaban J connectivity index is 2.12. The predicted molar refractivity (Wildman–Crippen MR) is 91.4 cm³/mol. The number of hydrogen-bond acceptors (Lipinski definition) is 4. The number of anilines is 2. The molecule has 0 bridgehead atoms. The maximum atomic E-state index is 12.1. The molecule has 5 nitrogen and oxygen atoms in total. The van der Waals surface area contributed by atoms with Crippen LogP contribution >= 0.6 is 23.2 Å². The number of hydrogen-bond donors (Lipinski definition) is 2. The third kappa shape index (κ3) is 4.71. The SMILES string of the molecule is Cc1ccnc(N/C=C(/C#N)C(=O)Nc2ccc(Cl)cc2Cl)c1. The Kier molecular flexibility index (Phi) is 5.58. The van der Waals surface area contributed by atoms with E-state index in [1.165, 1.54) is 12.3 Å². The zero-order valence-electron chi connectivity index (χ0n) is 12.1. The third-order valence-electron chi connectivity index (χ3n) is 2.82. The normalized spacial score (nSPS) is 10.8. The number of aromatic nitrogens is 1. The van der Waals surface area contributed by atoms with E-state index in [1.54, 1.807) is 24.4 Å². The second-order valence-electron chi connectivity index (χ2n) is 4.61. The fourth-order valence-electron chi connectivity index (χ4n) is 1.69. The van der Waals surface area contributed by atoms with E-state index in [2.05, 4.69) is 15.6 Å². The fraction of sp³-hybridized carbons (Fsp3) is 0.0625. The minimum absolute atomic E-state index is 0.112. The predicted octanol–water partition coefficient (Wildman–Crippen LogP) is 4.15. The summed E-state index contributed by atoms with van der Waals surface area (Å²) in [5.41, 5.74) is 1.27. The molecule has 0 aliphatic carbocycles. The first-order valence-electron chi connectivity index (χ1n) is 6.55. The molecule has 2 aromatic rings. The van der Waals surface area contributed by atoms with Crippen molar-refractivity contribution in [3.05, 3.63) is 63.9 Å². The lowest BCUT2D eigenvalue weighted by Crippen LogP contribution is -2.15. The van der Waals surface area contributed by atoms with Crippen LogP contribution in [0.15, 0.2) is 48.3 Å². The Bertz CT molecular complexity index is 812. The number of pyridine rings is 1. The molecule has 0 spiro atoms. The molecule has 116 valence electrons. The van der Waals surface area contributed by atoms with Gasteiger partial charge in [0.2, 0.25) is 0 Å². The number of amides is 1. The molecule has 0 fully saturated rings. The quantitative estimate of drug-likeness (QED) is 0.643. The van der Waals surface area contributed by atoms with Gasteiger partial charge in [0.1, 0.15) is 17.5 Å². The maximum absolute atomic E-state index is 12.1. The van der Waals surface area contributed by atoms with Gasteiger partial charge in [-0.15, -0.1) is 0 Å². The molecule has 0 saturated heterocycles. The Morgan fingerprint density at radius 2 is 2.09 bits per heavy atom. The zero-order valence-corrected chi connectivity index (χ0v) is 13.6. The van der Waals surface area contributed by atoms with Crippen molar-refractivity contribution >= 4 is 40.6 Å². The van der Waals surface area contributed by atoms with E-state index in [4.69, 9.17) is 28.5 Å². The number of nitrogens with zero attached hydrogens (tertiary/aromatic N) is 2. The van der Waals surface area contributed by atoms with Gasteiger partial charge in [-0.05, 0) is 42.8 Å². The van der Waals surface area contributed by atoms with Gasteiger partial charge in [0.05, 0.1) is 10.7 Å². The molecule has 0 atom stereocenters. The summed E-state index contributed by atoms with van der Waals surface area (Å²) in [5, 5.41) is 15.2. The van der Waals surface area contributed by atoms with Crippen LogP contribution in [0.5, 0.6) is 0 Å². The summed E-state index contributed by atoms with van der Waals surface area (Å²) in [6.07, 6.45) is 2.92. The van der Waals surface area contributed by atoms with Crippen molar-refractivity contribution in [1.29, 1.82) is 5.26 Å². The lowest BCUT2D eigenvalue weighted by molar-refractivity contribution is -0.112. The van der Waals surface area contributed by atoms with E-state index in [0.717, 1.165) is 5.56 Å². The van der Waals surface area contributed by atoms with Crippen molar-refractivity contribution in [2.45, 2.75) is 6.92 Å². The van der Waals surface area contributed by atoms with Crippen molar-refractivity contribution in [3.8, 4) is 6.07 Å². The highest BCUT2D eigenvalue weighted by molar-refractivity contribution is 6.36. The minimum atomic E-state index is -0.586. The highest BCUT2D eigenvalue weighted by Crippen LogP contribution is 2.25. The second kappa shape index (κ2) is 7.63. The molecular weight excluding hydrogens is 335 g/mol. The van der Waals surface area contributed by atoms with Gasteiger partial charge in [0.15, 0.2) is 0 Å². The van der Waals surface area contributed by atoms with E-state index in [0.29, 0.717) is 16.5 Å². The average molecular weight is 347 g/mol. The van der Waals surface area contributed by atoms with Crippen molar-refractivity contribution < 1.29 is 4.79 Å². The third-order valence-corrected chi connectivity index (χ3v) is 3.37. The van der Waals surface area contributed by atoms with Gasteiger partial charge in [0.25, 0.3) is 5.91 Å². The van der Waals surface area contributed by atoms with Gasteiger partial charge in [-0.25, -0.2) is 4.98 Å². The first kappa shape index (κ1) is 16.8. The topological polar surface area (TPSA) is 77.8 Å². The van der Waals surface area contributed by atoms with Crippen molar-refractivity contribution in [3.63, 3.8) is 0 Å². The molecule has 0 saturated carbocycles. The molecule has 1 heterocycles. The zero-order chi connectivity index (χ0) is 16.8.